The third-order valence-electron chi connectivity index (χ3n) is 2.12. The number of aryl methyl sites for hydroxylation is 1. The van der Waals surface area contributed by atoms with Gasteiger partial charge in [0, 0.05) is 0 Å². The fraction of sp³-hybridized carbons (Fsp3) is 0.286. The molecule has 0 bridgehead atoms. The first-order chi connectivity index (χ1) is 6.15. The highest BCUT2D eigenvalue weighted by atomic mass is 15.6. The molecule has 6 heteroatoms. The highest BCUT2D eigenvalue weighted by molar-refractivity contribution is 5.70. The van der Waals surface area contributed by atoms with E-state index in [0.717, 1.165) is 17.6 Å². The number of hydrogen-bond acceptors (Lipinski definition) is 4. The molecule has 6 nitrogen and oxygen atoms in total. The SMILES string of the molecule is CCc1cc2c(N)nc(N)n2n1N. The van der Waals surface area contributed by atoms with Gasteiger partial charge in [0.05, 0.1) is 5.69 Å². The van der Waals surface area contributed by atoms with Gasteiger partial charge in [-0.1, -0.05) is 6.92 Å². The van der Waals surface area contributed by atoms with Crippen molar-refractivity contribution in [3.05, 3.63) is 11.8 Å². The third-order valence-corrected chi connectivity index (χ3v) is 2.12. The minimum Gasteiger partial charge on any atom is -0.382 e. The third kappa shape index (κ3) is 0.851. The first-order valence-electron chi connectivity index (χ1n) is 4.04. The molecule has 0 aromatic carbocycles. The standard InChI is InChI=1S/C7H12N6/c1-2-4-3-5-6(8)11-7(9)12(5)13(4)10/h3H,2,8,10H2,1H3,(H2,9,11). The zero-order valence-corrected chi connectivity index (χ0v) is 7.36. The molecule has 0 amide bonds. The van der Waals surface area contributed by atoms with Gasteiger partial charge in [-0.3, -0.25) is 0 Å². The summed E-state index contributed by atoms with van der Waals surface area (Å²) in [6.45, 7) is 2.01. The predicted octanol–water partition coefficient (Wildman–Crippen LogP) is -0.424. The van der Waals surface area contributed by atoms with Crippen LogP contribution in [0.4, 0.5) is 11.8 Å². The maximum atomic E-state index is 5.77. The van der Waals surface area contributed by atoms with Crippen LogP contribution in [0.25, 0.3) is 5.52 Å². The van der Waals surface area contributed by atoms with E-state index in [2.05, 4.69) is 4.98 Å². The molecule has 6 N–H and O–H groups in total. The van der Waals surface area contributed by atoms with Gasteiger partial charge in [0.2, 0.25) is 5.95 Å². The van der Waals surface area contributed by atoms with Crippen LogP contribution in [-0.4, -0.2) is 14.3 Å². The monoisotopic (exact) mass is 180 g/mol. The van der Waals surface area contributed by atoms with Gasteiger partial charge >= 0.3 is 0 Å². The Balaban J connectivity index is 2.85. The topological polar surface area (TPSA) is 100 Å². The largest absolute Gasteiger partial charge is 0.382 e. The van der Waals surface area contributed by atoms with Crippen molar-refractivity contribution in [2.75, 3.05) is 17.3 Å². The number of rotatable bonds is 1. The van der Waals surface area contributed by atoms with Gasteiger partial charge in [-0.15, -0.1) is 0 Å². The molecule has 0 atom stereocenters. The highest BCUT2D eigenvalue weighted by Gasteiger charge is 2.12. The lowest BCUT2D eigenvalue weighted by Crippen LogP contribution is -2.18. The van der Waals surface area contributed by atoms with Crippen LogP contribution in [0.1, 0.15) is 12.6 Å². The smallest absolute Gasteiger partial charge is 0.223 e. The second-order valence-corrected chi connectivity index (χ2v) is 2.89. The molecule has 70 valence electrons. The summed E-state index contributed by atoms with van der Waals surface area (Å²) in [5, 5.41) is 0. The van der Waals surface area contributed by atoms with Crippen molar-refractivity contribution in [1.29, 1.82) is 0 Å². The van der Waals surface area contributed by atoms with Crippen LogP contribution in [0.5, 0.6) is 0 Å². The maximum Gasteiger partial charge on any atom is 0.223 e. The van der Waals surface area contributed by atoms with Crippen LogP contribution >= 0.6 is 0 Å². The summed E-state index contributed by atoms with van der Waals surface area (Å²) in [6, 6.07) is 1.89. The summed E-state index contributed by atoms with van der Waals surface area (Å²) < 4.78 is 1.59. The molecule has 2 aromatic rings. The number of aromatic nitrogens is 3. The molecule has 0 aliphatic carbocycles. The Kier molecular flexibility index (Phi) is 1.39. The summed E-state index contributed by atoms with van der Waals surface area (Å²) in [6.07, 6.45) is 0.830. The number of fused-ring (bicyclic) bond motifs is 1. The average Bonchev–Trinajstić information content (AvgIpc) is 2.54. The summed E-state index contributed by atoms with van der Waals surface area (Å²) in [5.74, 6) is 6.50. The zero-order chi connectivity index (χ0) is 9.59. The molecule has 0 saturated carbocycles. The van der Waals surface area contributed by atoms with Crippen LogP contribution in [0.3, 0.4) is 0 Å². The van der Waals surface area contributed by atoms with Crippen molar-refractivity contribution in [3.8, 4) is 0 Å². The van der Waals surface area contributed by atoms with Crippen molar-refractivity contribution < 1.29 is 0 Å². The van der Waals surface area contributed by atoms with E-state index in [0.29, 0.717) is 11.8 Å². The number of anilines is 2. The second kappa shape index (κ2) is 2.32. The van der Waals surface area contributed by atoms with Gasteiger partial charge < -0.3 is 17.3 Å². The molecule has 0 fully saturated rings. The lowest BCUT2D eigenvalue weighted by molar-refractivity contribution is 0.720. The van der Waals surface area contributed by atoms with E-state index in [-0.39, 0.29) is 0 Å². The van der Waals surface area contributed by atoms with E-state index in [1.165, 1.54) is 4.79 Å². The molecular formula is C7H12N6. The van der Waals surface area contributed by atoms with Crippen molar-refractivity contribution in [2.24, 2.45) is 0 Å². The molecule has 0 unspecified atom stereocenters. The van der Waals surface area contributed by atoms with Gasteiger partial charge in [0.15, 0.2) is 5.82 Å². The first-order valence-corrected chi connectivity index (χ1v) is 4.04. The lowest BCUT2D eigenvalue weighted by Gasteiger charge is -2.01. The van der Waals surface area contributed by atoms with Crippen LogP contribution in [0, 0.1) is 0 Å². The normalized spacial score (nSPS) is 11.2. The van der Waals surface area contributed by atoms with Crippen LogP contribution in [0.2, 0.25) is 0 Å². The average molecular weight is 180 g/mol. The van der Waals surface area contributed by atoms with Gasteiger partial charge in [-0.2, -0.15) is 14.3 Å². The summed E-state index contributed by atoms with van der Waals surface area (Å²) >= 11 is 0. The fourth-order valence-corrected chi connectivity index (χ4v) is 1.44. The minimum absolute atomic E-state index is 0.315. The number of nitrogens with zero attached hydrogens (tertiary/aromatic N) is 3. The quantitative estimate of drug-likeness (QED) is 0.519. The summed E-state index contributed by atoms with van der Waals surface area (Å²) in [7, 11) is 0. The molecular weight excluding hydrogens is 168 g/mol. The minimum atomic E-state index is 0.315. The van der Waals surface area contributed by atoms with Crippen molar-refractivity contribution >= 4 is 17.3 Å². The Bertz CT molecular complexity index is 451. The lowest BCUT2D eigenvalue weighted by atomic mass is 10.3. The predicted molar refractivity (Wildman–Crippen MR) is 51.5 cm³/mol. The van der Waals surface area contributed by atoms with Crippen molar-refractivity contribution in [3.63, 3.8) is 0 Å². The molecule has 2 heterocycles. The molecule has 0 saturated heterocycles. The fourth-order valence-electron chi connectivity index (χ4n) is 1.44. The van der Waals surface area contributed by atoms with E-state index >= 15 is 0 Å². The van der Waals surface area contributed by atoms with E-state index in [9.17, 15) is 0 Å². The number of nitrogens with two attached hydrogens (primary N) is 3. The van der Waals surface area contributed by atoms with Crippen LogP contribution in [0.15, 0.2) is 6.07 Å². The Labute approximate surface area is 74.9 Å². The Morgan fingerprint density at radius 2 is 2.15 bits per heavy atom. The Hall–Kier alpha value is -1.85. The van der Waals surface area contributed by atoms with E-state index in [1.54, 1.807) is 4.52 Å². The van der Waals surface area contributed by atoms with Crippen molar-refractivity contribution in [1.82, 2.24) is 14.3 Å². The van der Waals surface area contributed by atoms with E-state index < -0.39 is 0 Å². The van der Waals surface area contributed by atoms with E-state index in [1.807, 2.05) is 13.0 Å². The molecule has 13 heavy (non-hydrogen) atoms. The maximum absolute atomic E-state index is 5.77. The molecule has 0 spiro atoms. The van der Waals surface area contributed by atoms with Gasteiger partial charge in [-0.25, -0.2) is 0 Å². The summed E-state index contributed by atoms with van der Waals surface area (Å²) in [5.41, 5.74) is 13.0. The van der Waals surface area contributed by atoms with Gasteiger partial charge in [0.25, 0.3) is 0 Å². The van der Waals surface area contributed by atoms with Crippen molar-refractivity contribution in [2.45, 2.75) is 13.3 Å². The molecule has 0 aliphatic rings. The van der Waals surface area contributed by atoms with Gasteiger partial charge in [0.1, 0.15) is 5.52 Å². The van der Waals surface area contributed by atoms with Crippen LogP contribution < -0.4 is 17.3 Å². The number of hydrogen-bond donors (Lipinski definition) is 3. The summed E-state index contributed by atoms with van der Waals surface area (Å²) in [4.78, 5) is 5.37. The number of nitrogen functional groups attached to an aromatic ring is 3. The van der Waals surface area contributed by atoms with Gasteiger partial charge in [-0.05, 0) is 12.5 Å². The Morgan fingerprint density at radius 3 is 2.69 bits per heavy atom. The molecule has 0 radical (unpaired) electrons. The first kappa shape index (κ1) is 7.78. The zero-order valence-electron chi connectivity index (χ0n) is 7.36. The molecule has 0 aliphatic heterocycles. The highest BCUT2D eigenvalue weighted by Crippen LogP contribution is 2.18. The molecule has 2 rings (SSSR count). The van der Waals surface area contributed by atoms with Crippen LogP contribution in [-0.2, 0) is 6.42 Å². The molecule has 2 aromatic heterocycles. The van der Waals surface area contributed by atoms with E-state index in [4.69, 9.17) is 17.3 Å². The Morgan fingerprint density at radius 1 is 1.46 bits per heavy atom. The number of imidazole rings is 1. The second-order valence-electron chi connectivity index (χ2n) is 2.89.